The molecule has 1 N–H and O–H groups in total. The van der Waals surface area contributed by atoms with Gasteiger partial charge in [-0.05, 0) is 23.2 Å². The van der Waals surface area contributed by atoms with Gasteiger partial charge in [-0.15, -0.1) is 0 Å². The molecule has 1 aliphatic heterocycles. The van der Waals surface area contributed by atoms with Gasteiger partial charge in [0, 0.05) is 12.6 Å². The highest BCUT2D eigenvalue weighted by molar-refractivity contribution is 5.00. The van der Waals surface area contributed by atoms with Gasteiger partial charge in [-0.25, -0.2) is 0 Å². The first-order valence-corrected chi connectivity index (χ1v) is 5.54. The summed E-state index contributed by atoms with van der Waals surface area (Å²) >= 11 is 0. The lowest BCUT2D eigenvalue weighted by Gasteiger charge is -2.53. The van der Waals surface area contributed by atoms with Crippen LogP contribution in [0.4, 0.5) is 0 Å². The zero-order valence-electron chi connectivity index (χ0n) is 10.1. The fourth-order valence-corrected chi connectivity index (χ4v) is 2.15. The summed E-state index contributed by atoms with van der Waals surface area (Å²) in [4.78, 5) is 0. The van der Waals surface area contributed by atoms with E-state index in [1.165, 1.54) is 13.0 Å². The number of hydrogen-bond acceptors (Lipinski definition) is 1. The van der Waals surface area contributed by atoms with Crippen molar-refractivity contribution in [3.05, 3.63) is 0 Å². The summed E-state index contributed by atoms with van der Waals surface area (Å²) in [7, 11) is 0. The largest absolute Gasteiger partial charge is 0.313 e. The molecule has 1 heterocycles. The second-order valence-electron chi connectivity index (χ2n) is 6.00. The van der Waals surface area contributed by atoms with Crippen LogP contribution in [0.1, 0.15) is 48.0 Å². The molecule has 0 aromatic heterocycles. The zero-order chi connectivity index (χ0) is 10.3. The van der Waals surface area contributed by atoms with Gasteiger partial charge in [-0.2, -0.15) is 0 Å². The summed E-state index contributed by atoms with van der Waals surface area (Å²) in [5, 5.41) is 3.52. The minimum Gasteiger partial charge on any atom is -0.313 e. The van der Waals surface area contributed by atoms with Crippen molar-refractivity contribution in [3.8, 4) is 0 Å². The van der Waals surface area contributed by atoms with Crippen LogP contribution in [0.25, 0.3) is 0 Å². The monoisotopic (exact) mass is 183 g/mol. The average Bonchev–Trinajstić information content (AvgIpc) is 1.81. The third-order valence-electron chi connectivity index (χ3n) is 4.39. The molecule has 2 unspecified atom stereocenters. The van der Waals surface area contributed by atoms with Crippen molar-refractivity contribution < 1.29 is 0 Å². The van der Waals surface area contributed by atoms with Crippen molar-refractivity contribution in [1.82, 2.24) is 5.32 Å². The SMILES string of the molecule is CCC1NCC1C(C)(C)C(C)(C)C. The molecule has 1 fully saturated rings. The second-order valence-corrected chi connectivity index (χ2v) is 6.00. The molecule has 0 spiro atoms. The van der Waals surface area contributed by atoms with Crippen LogP contribution in [-0.4, -0.2) is 12.6 Å². The third-order valence-corrected chi connectivity index (χ3v) is 4.39. The summed E-state index contributed by atoms with van der Waals surface area (Å²) in [5.41, 5.74) is 0.853. The van der Waals surface area contributed by atoms with Crippen LogP contribution < -0.4 is 5.32 Å². The van der Waals surface area contributed by atoms with E-state index in [9.17, 15) is 0 Å². The van der Waals surface area contributed by atoms with E-state index < -0.39 is 0 Å². The molecule has 0 saturated carbocycles. The van der Waals surface area contributed by atoms with E-state index in [1.54, 1.807) is 0 Å². The maximum atomic E-state index is 3.52. The lowest BCUT2D eigenvalue weighted by molar-refractivity contribution is -0.00997. The van der Waals surface area contributed by atoms with Crippen LogP contribution in [0.15, 0.2) is 0 Å². The van der Waals surface area contributed by atoms with Crippen LogP contribution in [0, 0.1) is 16.7 Å². The van der Waals surface area contributed by atoms with Crippen molar-refractivity contribution in [2.45, 2.75) is 54.0 Å². The summed E-state index contributed by atoms with van der Waals surface area (Å²) in [6.45, 7) is 15.4. The zero-order valence-corrected chi connectivity index (χ0v) is 10.1. The molecule has 2 atom stereocenters. The van der Waals surface area contributed by atoms with Gasteiger partial charge in [0.05, 0.1) is 0 Å². The molecular formula is C12H25N. The van der Waals surface area contributed by atoms with E-state index in [1.807, 2.05) is 0 Å². The maximum absolute atomic E-state index is 3.52. The van der Waals surface area contributed by atoms with Gasteiger partial charge < -0.3 is 5.32 Å². The molecule has 0 bridgehead atoms. The van der Waals surface area contributed by atoms with E-state index in [0.717, 1.165) is 12.0 Å². The van der Waals surface area contributed by atoms with Gasteiger partial charge in [0.1, 0.15) is 0 Å². The first kappa shape index (κ1) is 11.0. The number of nitrogens with one attached hydrogen (secondary N) is 1. The van der Waals surface area contributed by atoms with Crippen LogP contribution >= 0.6 is 0 Å². The normalized spacial score (nSPS) is 30.0. The van der Waals surface area contributed by atoms with E-state index in [0.29, 0.717) is 10.8 Å². The molecular weight excluding hydrogens is 158 g/mol. The van der Waals surface area contributed by atoms with E-state index >= 15 is 0 Å². The summed E-state index contributed by atoms with van der Waals surface area (Å²) < 4.78 is 0. The fourth-order valence-electron chi connectivity index (χ4n) is 2.15. The molecule has 0 aliphatic carbocycles. The molecule has 1 aliphatic rings. The highest BCUT2D eigenvalue weighted by atomic mass is 15.0. The molecule has 1 nitrogen and oxygen atoms in total. The summed E-state index contributed by atoms with van der Waals surface area (Å²) in [5.74, 6) is 0.859. The van der Waals surface area contributed by atoms with Crippen molar-refractivity contribution in [3.63, 3.8) is 0 Å². The van der Waals surface area contributed by atoms with E-state index in [-0.39, 0.29) is 0 Å². The molecule has 1 rings (SSSR count). The van der Waals surface area contributed by atoms with Gasteiger partial charge in [0.25, 0.3) is 0 Å². The molecule has 0 aromatic carbocycles. The Labute approximate surface area is 83.3 Å². The summed E-state index contributed by atoms with van der Waals surface area (Å²) in [6, 6.07) is 0.759. The Bertz CT molecular complexity index is 174. The molecule has 78 valence electrons. The first-order chi connectivity index (χ1) is 5.80. The maximum Gasteiger partial charge on any atom is 0.0110 e. The molecule has 0 radical (unpaired) electrons. The molecule has 0 amide bonds. The average molecular weight is 183 g/mol. The lowest BCUT2D eigenvalue weighted by Crippen LogP contribution is -2.61. The van der Waals surface area contributed by atoms with E-state index in [2.05, 4.69) is 46.9 Å². The Morgan fingerprint density at radius 1 is 1.15 bits per heavy atom. The highest BCUT2D eigenvalue weighted by Crippen LogP contribution is 2.47. The molecule has 1 saturated heterocycles. The highest BCUT2D eigenvalue weighted by Gasteiger charge is 2.46. The minimum atomic E-state index is 0.410. The van der Waals surface area contributed by atoms with Crippen LogP contribution in [0.2, 0.25) is 0 Å². The standard InChI is InChI=1S/C12H25N/c1-7-10-9(8-13-10)12(5,6)11(2,3)4/h9-10,13H,7-8H2,1-6H3. The quantitative estimate of drug-likeness (QED) is 0.694. The number of hydrogen-bond donors (Lipinski definition) is 1. The van der Waals surface area contributed by atoms with Gasteiger partial charge in [0.2, 0.25) is 0 Å². The van der Waals surface area contributed by atoms with Crippen molar-refractivity contribution >= 4 is 0 Å². The Morgan fingerprint density at radius 2 is 1.69 bits per heavy atom. The van der Waals surface area contributed by atoms with Crippen molar-refractivity contribution in [2.75, 3.05) is 6.54 Å². The van der Waals surface area contributed by atoms with Crippen LogP contribution in [-0.2, 0) is 0 Å². The fraction of sp³-hybridized carbons (Fsp3) is 1.00. The topological polar surface area (TPSA) is 12.0 Å². The minimum absolute atomic E-state index is 0.410. The lowest BCUT2D eigenvalue weighted by atomic mass is 9.58. The van der Waals surface area contributed by atoms with Gasteiger partial charge in [-0.1, -0.05) is 41.5 Å². The Kier molecular flexibility index (Phi) is 2.78. The first-order valence-electron chi connectivity index (χ1n) is 5.54. The predicted octanol–water partition coefficient (Wildman–Crippen LogP) is 3.06. The molecule has 13 heavy (non-hydrogen) atoms. The molecule has 0 aromatic rings. The van der Waals surface area contributed by atoms with Gasteiger partial charge in [-0.3, -0.25) is 0 Å². The van der Waals surface area contributed by atoms with E-state index in [4.69, 9.17) is 0 Å². The van der Waals surface area contributed by atoms with Crippen LogP contribution in [0.5, 0.6) is 0 Å². The predicted molar refractivity (Wildman–Crippen MR) is 58.8 cm³/mol. The summed E-state index contributed by atoms with van der Waals surface area (Å²) in [6.07, 6.45) is 1.27. The molecule has 1 heteroatoms. The van der Waals surface area contributed by atoms with Crippen LogP contribution in [0.3, 0.4) is 0 Å². The third kappa shape index (κ3) is 1.76. The second kappa shape index (κ2) is 3.27. The Morgan fingerprint density at radius 3 is 1.92 bits per heavy atom. The van der Waals surface area contributed by atoms with Crippen molar-refractivity contribution in [1.29, 1.82) is 0 Å². The van der Waals surface area contributed by atoms with Crippen molar-refractivity contribution in [2.24, 2.45) is 16.7 Å². The van der Waals surface area contributed by atoms with Gasteiger partial charge >= 0.3 is 0 Å². The smallest absolute Gasteiger partial charge is 0.0110 e. The Balaban J connectivity index is 2.70. The van der Waals surface area contributed by atoms with Gasteiger partial charge in [0.15, 0.2) is 0 Å². The number of rotatable bonds is 2. The Hall–Kier alpha value is -0.0400.